The molecule has 17 heavy (non-hydrogen) atoms. The van der Waals surface area contributed by atoms with E-state index in [0.717, 1.165) is 0 Å². The van der Waals surface area contributed by atoms with Crippen molar-refractivity contribution in [2.75, 3.05) is 6.54 Å². The molecule has 1 fully saturated rings. The molecule has 0 amide bonds. The summed E-state index contributed by atoms with van der Waals surface area (Å²) in [6.45, 7) is 7.96. The van der Waals surface area contributed by atoms with Gasteiger partial charge in [0, 0.05) is 4.90 Å². The first kappa shape index (κ1) is 13.0. The SMILES string of the molecule is CC(C)(C)c1ccc(SC2CCCCN2)cc1. The molecule has 94 valence electrons. The van der Waals surface area contributed by atoms with Crippen LogP contribution in [0.25, 0.3) is 0 Å². The van der Waals surface area contributed by atoms with Crippen LogP contribution in [-0.2, 0) is 5.41 Å². The van der Waals surface area contributed by atoms with E-state index in [9.17, 15) is 0 Å². The average molecular weight is 249 g/mol. The van der Waals surface area contributed by atoms with Crippen molar-refractivity contribution in [3.8, 4) is 0 Å². The molecule has 1 nitrogen and oxygen atoms in total. The van der Waals surface area contributed by atoms with E-state index in [-0.39, 0.29) is 5.41 Å². The van der Waals surface area contributed by atoms with E-state index in [2.05, 4.69) is 50.4 Å². The smallest absolute Gasteiger partial charge is 0.0579 e. The van der Waals surface area contributed by atoms with E-state index in [1.165, 1.54) is 36.3 Å². The van der Waals surface area contributed by atoms with Crippen LogP contribution in [0.1, 0.15) is 45.6 Å². The third kappa shape index (κ3) is 3.75. The fourth-order valence-corrected chi connectivity index (χ4v) is 3.23. The van der Waals surface area contributed by atoms with Gasteiger partial charge in [0.1, 0.15) is 0 Å². The van der Waals surface area contributed by atoms with Crippen LogP contribution in [-0.4, -0.2) is 11.9 Å². The normalized spacial score (nSPS) is 21.5. The first-order valence-electron chi connectivity index (χ1n) is 6.56. The zero-order valence-electron chi connectivity index (χ0n) is 11.1. The van der Waals surface area contributed by atoms with E-state index >= 15 is 0 Å². The Bertz CT molecular complexity index is 344. The van der Waals surface area contributed by atoms with Crippen molar-refractivity contribution in [3.05, 3.63) is 29.8 Å². The van der Waals surface area contributed by atoms with Gasteiger partial charge in [-0.15, -0.1) is 11.8 Å². The van der Waals surface area contributed by atoms with Crippen LogP contribution in [0, 0.1) is 0 Å². The van der Waals surface area contributed by atoms with Gasteiger partial charge < -0.3 is 5.32 Å². The molecule has 0 bridgehead atoms. The van der Waals surface area contributed by atoms with Gasteiger partial charge in [0.05, 0.1) is 5.37 Å². The number of nitrogens with one attached hydrogen (secondary N) is 1. The van der Waals surface area contributed by atoms with Crippen molar-refractivity contribution in [2.45, 2.75) is 55.7 Å². The van der Waals surface area contributed by atoms with Crippen molar-refractivity contribution >= 4 is 11.8 Å². The Labute approximate surface area is 109 Å². The zero-order valence-corrected chi connectivity index (χ0v) is 11.9. The first-order chi connectivity index (χ1) is 8.05. The maximum atomic E-state index is 3.58. The molecule has 1 aromatic carbocycles. The number of hydrogen-bond donors (Lipinski definition) is 1. The van der Waals surface area contributed by atoms with Gasteiger partial charge in [-0.25, -0.2) is 0 Å². The van der Waals surface area contributed by atoms with Gasteiger partial charge in [-0.05, 0) is 48.9 Å². The highest BCUT2D eigenvalue weighted by molar-refractivity contribution is 7.99. The van der Waals surface area contributed by atoms with Crippen LogP contribution < -0.4 is 5.32 Å². The van der Waals surface area contributed by atoms with E-state index in [1.807, 2.05) is 11.8 Å². The fraction of sp³-hybridized carbons (Fsp3) is 0.600. The van der Waals surface area contributed by atoms with Crippen LogP contribution in [0.2, 0.25) is 0 Å². The molecule has 1 unspecified atom stereocenters. The highest BCUT2D eigenvalue weighted by Gasteiger charge is 2.15. The minimum absolute atomic E-state index is 0.256. The lowest BCUT2D eigenvalue weighted by molar-refractivity contribution is 0.491. The van der Waals surface area contributed by atoms with Crippen LogP contribution in [0.15, 0.2) is 29.2 Å². The van der Waals surface area contributed by atoms with Gasteiger partial charge in [-0.2, -0.15) is 0 Å². The second-order valence-corrected chi connectivity index (χ2v) is 7.11. The zero-order chi connectivity index (χ0) is 12.3. The molecule has 1 heterocycles. The third-order valence-electron chi connectivity index (χ3n) is 3.26. The first-order valence-corrected chi connectivity index (χ1v) is 7.44. The van der Waals surface area contributed by atoms with E-state index in [1.54, 1.807) is 0 Å². The Morgan fingerprint density at radius 2 is 1.82 bits per heavy atom. The van der Waals surface area contributed by atoms with Crippen molar-refractivity contribution in [1.29, 1.82) is 0 Å². The second-order valence-electron chi connectivity index (χ2n) is 5.83. The van der Waals surface area contributed by atoms with Gasteiger partial charge in [0.2, 0.25) is 0 Å². The molecule has 0 aliphatic carbocycles. The molecule has 0 saturated carbocycles. The van der Waals surface area contributed by atoms with Crippen LogP contribution in [0.3, 0.4) is 0 Å². The van der Waals surface area contributed by atoms with Gasteiger partial charge in [-0.3, -0.25) is 0 Å². The minimum atomic E-state index is 0.256. The summed E-state index contributed by atoms with van der Waals surface area (Å²) in [5, 5.41) is 4.19. The Morgan fingerprint density at radius 1 is 1.12 bits per heavy atom. The number of hydrogen-bond acceptors (Lipinski definition) is 2. The number of thioether (sulfide) groups is 1. The maximum absolute atomic E-state index is 3.58. The third-order valence-corrected chi connectivity index (χ3v) is 4.49. The Balaban J connectivity index is 1.98. The lowest BCUT2D eigenvalue weighted by atomic mass is 9.87. The molecule has 0 spiro atoms. The topological polar surface area (TPSA) is 12.0 Å². The molecule has 1 saturated heterocycles. The van der Waals surface area contributed by atoms with Gasteiger partial charge in [0.25, 0.3) is 0 Å². The van der Waals surface area contributed by atoms with Gasteiger partial charge in [-0.1, -0.05) is 32.9 Å². The van der Waals surface area contributed by atoms with Crippen molar-refractivity contribution in [1.82, 2.24) is 5.32 Å². The summed E-state index contributed by atoms with van der Waals surface area (Å²) in [5.74, 6) is 0. The summed E-state index contributed by atoms with van der Waals surface area (Å²) < 4.78 is 0. The Kier molecular flexibility index (Phi) is 4.16. The lowest BCUT2D eigenvalue weighted by Crippen LogP contribution is -2.30. The van der Waals surface area contributed by atoms with Gasteiger partial charge >= 0.3 is 0 Å². The van der Waals surface area contributed by atoms with Crippen LogP contribution in [0.5, 0.6) is 0 Å². The molecule has 1 aromatic rings. The molecule has 0 radical (unpaired) electrons. The van der Waals surface area contributed by atoms with Crippen molar-refractivity contribution in [3.63, 3.8) is 0 Å². The Morgan fingerprint density at radius 3 is 2.35 bits per heavy atom. The molecule has 1 N–H and O–H groups in total. The summed E-state index contributed by atoms with van der Waals surface area (Å²) in [4.78, 5) is 1.39. The standard InChI is InChI=1S/C15H23NS/c1-15(2,3)12-7-9-13(10-8-12)17-14-6-4-5-11-16-14/h7-10,14,16H,4-6,11H2,1-3H3. The molecule has 1 aliphatic heterocycles. The predicted octanol–water partition coefficient (Wildman–Crippen LogP) is 4.18. The average Bonchev–Trinajstić information content (AvgIpc) is 2.30. The highest BCUT2D eigenvalue weighted by atomic mass is 32.2. The molecular formula is C15H23NS. The van der Waals surface area contributed by atoms with E-state index in [0.29, 0.717) is 5.37 Å². The van der Waals surface area contributed by atoms with E-state index < -0.39 is 0 Å². The monoisotopic (exact) mass is 249 g/mol. The molecular weight excluding hydrogens is 226 g/mol. The molecule has 1 aliphatic rings. The molecule has 2 heteroatoms. The summed E-state index contributed by atoms with van der Waals surface area (Å²) >= 11 is 1.97. The molecule has 0 aromatic heterocycles. The molecule has 2 rings (SSSR count). The fourth-order valence-electron chi connectivity index (χ4n) is 2.12. The van der Waals surface area contributed by atoms with Crippen molar-refractivity contribution < 1.29 is 0 Å². The summed E-state index contributed by atoms with van der Waals surface area (Å²) in [6, 6.07) is 9.07. The second kappa shape index (κ2) is 5.45. The minimum Gasteiger partial charge on any atom is -0.305 e. The van der Waals surface area contributed by atoms with Crippen LogP contribution >= 0.6 is 11.8 Å². The quantitative estimate of drug-likeness (QED) is 0.844. The van der Waals surface area contributed by atoms with Gasteiger partial charge in [0.15, 0.2) is 0 Å². The summed E-state index contributed by atoms with van der Waals surface area (Å²) in [5.41, 5.74) is 1.67. The summed E-state index contributed by atoms with van der Waals surface area (Å²) in [6.07, 6.45) is 4.00. The highest BCUT2D eigenvalue weighted by Crippen LogP contribution is 2.29. The number of rotatable bonds is 2. The number of benzene rings is 1. The molecule has 1 atom stereocenters. The van der Waals surface area contributed by atoms with Crippen LogP contribution in [0.4, 0.5) is 0 Å². The predicted molar refractivity (Wildman–Crippen MR) is 76.6 cm³/mol. The number of piperidine rings is 1. The Hall–Kier alpha value is -0.470. The lowest BCUT2D eigenvalue weighted by Gasteiger charge is -2.23. The van der Waals surface area contributed by atoms with E-state index in [4.69, 9.17) is 0 Å². The van der Waals surface area contributed by atoms with Crippen molar-refractivity contribution in [2.24, 2.45) is 0 Å². The summed E-state index contributed by atoms with van der Waals surface area (Å²) in [7, 11) is 0. The largest absolute Gasteiger partial charge is 0.305 e. The maximum Gasteiger partial charge on any atom is 0.0579 e.